The third-order valence-electron chi connectivity index (χ3n) is 4.03. The zero-order valence-electron chi connectivity index (χ0n) is 13.3. The molecule has 2 atom stereocenters. The van der Waals surface area contributed by atoms with E-state index in [-0.39, 0.29) is 5.91 Å². The van der Waals surface area contributed by atoms with Crippen molar-refractivity contribution >= 4 is 11.7 Å². The summed E-state index contributed by atoms with van der Waals surface area (Å²) < 4.78 is 0. The lowest BCUT2D eigenvalue weighted by Gasteiger charge is -2.40. The molecule has 1 N–H and O–H groups in total. The summed E-state index contributed by atoms with van der Waals surface area (Å²) in [4.78, 5) is 15.7. The van der Waals surface area contributed by atoms with Gasteiger partial charge in [0.05, 0.1) is 0 Å². The fourth-order valence-electron chi connectivity index (χ4n) is 2.60. The van der Waals surface area contributed by atoms with Gasteiger partial charge in [-0.3, -0.25) is 4.79 Å². The summed E-state index contributed by atoms with van der Waals surface area (Å²) >= 11 is 0. The molecule has 1 fully saturated rings. The van der Waals surface area contributed by atoms with E-state index in [1.54, 1.807) is 20.2 Å². The number of amides is 1. The molecular weight excluding hydrogens is 266 g/mol. The molecule has 21 heavy (non-hydrogen) atoms. The summed E-state index contributed by atoms with van der Waals surface area (Å²) in [6.07, 6.45) is 2.15. The van der Waals surface area contributed by atoms with E-state index in [0.29, 0.717) is 17.8 Å². The van der Waals surface area contributed by atoms with Crippen LogP contribution in [0.25, 0.3) is 0 Å². The summed E-state index contributed by atoms with van der Waals surface area (Å²) in [5, 5.41) is 11.9. The van der Waals surface area contributed by atoms with Gasteiger partial charge in [-0.2, -0.15) is 0 Å². The molecule has 1 aromatic heterocycles. The van der Waals surface area contributed by atoms with Crippen molar-refractivity contribution in [3.8, 4) is 0 Å². The van der Waals surface area contributed by atoms with Gasteiger partial charge in [0.25, 0.3) is 5.91 Å². The molecule has 2 heterocycles. The van der Waals surface area contributed by atoms with Gasteiger partial charge in [-0.15, -0.1) is 10.2 Å². The topological polar surface area (TPSA) is 61.4 Å². The summed E-state index contributed by atoms with van der Waals surface area (Å²) in [5.41, 5.74) is 0.388. The molecule has 1 saturated heterocycles. The first-order valence-corrected chi connectivity index (χ1v) is 7.62. The molecule has 116 valence electrons. The third-order valence-corrected chi connectivity index (χ3v) is 4.03. The Morgan fingerprint density at radius 1 is 1.33 bits per heavy atom. The molecule has 0 bridgehead atoms. The first kappa shape index (κ1) is 15.7. The van der Waals surface area contributed by atoms with Crippen LogP contribution >= 0.6 is 0 Å². The van der Waals surface area contributed by atoms with Gasteiger partial charge in [0.1, 0.15) is 0 Å². The van der Waals surface area contributed by atoms with Crippen molar-refractivity contribution in [2.75, 3.05) is 32.1 Å². The van der Waals surface area contributed by atoms with Crippen molar-refractivity contribution in [2.45, 2.75) is 38.8 Å². The first-order valence-electron chi connectivity index (χ1n) is 7.62. The van der Waals surface area contributed by atoms with Gasteiger partial charge in [0.15, 0.2) is 11.5 Å². The predicted octanol–water partition coefficient (Wildman–Crippen LogP) is 1.15. The van der Waals surface area contributed by atoms with Gasteiger partial charge in [0.2, 0.25) is 0 Å². The number of hydrogen-bond donors (Lipinski definition) is 1. The minimum atomic E-state index is -0.118. The number of piperazine rings is 1. The van der Waals surface area contributed by atoms with Crippen molar-refractivity contribution in [1.29, 1.82) is 0 Å². The van der Waals surface area contributed by atoms with E-state index in [1.807, 2.05) is 6.07 Å². The number of hydrogen-bond acceptors (Lipinski definition) is 5. The van der Waals surface area contributed by atoms with Crippen LogP contribution in [0.5, 0.6) is 0 Å². The number of carbonyl (C=O) groups is 1. The van der Waals surface area contributed by atoms with Crippen molar-refractivity contribution in [1.82, 2.24) is 20.4 Å². The van der Waals surface area contributed by atoms with E-state index in [4.69, 9.17) is 0 Å². The lowest BCUT2D eigenvalue weighted by atomic mass is 10.1. The van der Waals surface area contributed by atoms with Crippen molar-refractivity contribution in [3.63, 3.8) is 0 Å². The molecule has 1 amide bonds. The molecule has 0 aliphatic carbocycles. The van der Waals surface area contributed by atoms with E-state index in [0.717, 1.165) is 31.7 Å². The average molecular weight is 291 g/mol. The summed E-state index contributed by atoms with van der Waals surface area (Å²) in [6.45, 7) is 6.27. The molecule has 1 aliphatic heterocycles. The predicted molar refractivity (Wildman–Crippen MR) is 83.6 cm³/mol. The average Bonchev–Trinajstić information content (AvgIpc) is 2.53. The molecular formula is C15H25N5O. The van der Waals surface area contributed by atoms with E-state index >= 15 is 0 Å². The third kappa shape index (κ3) is 3.50. The second-order valence-electron chi connectivity index (χ2n) is 5.70. The maximum absolute atomic E-state index is 11.9. The summed E-state index contributed by atoms with van der Waals surface area (Å²) in [5.74, 6) is 0.741. The van der Waals surface area contributed by atoms with E-state index in [1.165, 1.54) is 4.90 Å². The van der Waals surface area contributed by atoms with Crippen LogP contribution in [0.15, 0.2) is 12.1 Å². The standard InChI is InChI=1S/C15H25N5O/c1-5-11-10-20(12(6-2)9-16-11)14-8-7-13(17-18-14)15(21)19(3)4/h7-8,11-12,16H,5-6,9-10H2,1-4H3. The van der Waals surface area contributed by atoms with Crippen LogP contribution in [0, 0.1) is 0 Å². The molecule has 1 aliphatic rings. The Hall–Kier alpha value is -1.69. The van der Waals surface area contributed by atoms with Crippen LogP contribution in [0.3, 0.4) is 0 Å². The maximum atomic E-state index is 11.9. The largest absolute Gasteiger partial charge is 0.349 e. The highest BCUT2D eigenvalue weighted by atomic mass is 16.2. The second kappa shape index (κ2) is 6.85. The highest BCUT2D eigenvalue weighted by molar-refractivity contribution is 5.91. The van der Waals surface area contributed by atoms with Crippen molar-refractivity contribution < 1.29 is 4.79 Å². The van der Waals surface area contributed by atoms with Gasteiger partial charge in [-0.1, -0.05) is 13.8 Å². The highest BCUT2D eigenvalue weighted by Gasteiger charge is 2.27. The van der Waals surface area contributed by atoms with Crippen LogP contribution in [0.2, 0.25) is 0 Å². The fraction of sp³-hybridized carbons (Fsp3) is 0.667. The lowest BCUT2D eigenvalue weighted by molar-refractivity contribution is 0.0821. The van der Waals surface area contributed by atoms with E-state index in [2.05, 4.69) is 34.3 Å². The summed E-state index contributed by atoms with van der Waals surface area (Å²) in [7, 11) is 3.43. The van der Waals surface area contributed by atoms with Crippen molar-refractivity contribution in [3.05, 3.63) is 17.8 Å². The molecule has 2 unspecified atom stereocenters. The Labute approximate surface area is 126 Å². The zero-order valence-corrected chi connectivity index (χ0v) is 13.3. The number of nitrogens with one attached hydrogen (secondary N) is 1. The molecule has 6 heteroatoms. The lowest BCUT2D eigenvalue weighted by Crippen LogP contribution is -2.56. The van der Waals surface area contributed by atoms with Crippen LogP contribution in [0.1, 0.15) is 37.2 Å². The van der Waals surface area contributed by atoms with Crippen LogP contribution in [-0.2, 0) is 0 Å². The van der Waals surface area contributed by atoms with Crippen LogP contribution in [0.4, 0.5) is 5.82 Å². The SMILES string of the molecule is CCC1CN(c2ccc(C(=O)N(C)C)nn2)C(CC)CN1. The van der Waals surface area contributed by atoms with Gasteiger partial charge in [0, 0.05) is 39.3 Å². The smallest absolute Gasteiger partial charge is 0.273 e. The molecule has 1 aromatic rings. The molecule has 6 nitrogen and oxygen atoms in total. The molecule has 0 spiro atoms. The number of nitrogens with zero attached hydrogens (tertiary/aromatic N) is 4. The Kier molecular flexibility index (Phi) is 5.12. The quantitative estimate of drug-likeness (QED) is 0.901. The first-order chi connectivity index (χ1) is 10.1. The van der Waals surface area contributed by atoms with E-state index in [9.17, 15) is 4.79 Å². The normalized spacial score (nSPS) is 22.2. The Bertz CT molecular complexity index is 473. The zero-order chi connectivity index (χ0) is 15.4. The minimum Gasteiger partial charge on any atom is -0.349 e. The van der Waals surface area contributed by atoms with Crippen molar-refractivity contribution in [2.24, 2.45) is 0 Å². The molecule has 2 rings (SSSR count). The number of anilines is 1. The monoisotopic (exact) mass is 291 g/mol. The van der Waals surface area contributed by atoms with Gasteiger partial charge >= 0.3 is 0 Å². The van der Waals surface area contributed by atoms with Crippen LogP contribution in [-0.4, -0.2) is 60.3 Å². The number of carbonyl (C=O) groups excluding carboxylic acids is 1. The Morgan fingerprint density at radius 2 is 2.10 bits per heavy atom. The van der Waals surface area contributed by atoms with Gasteiger partial charge < -0.3 is 15.1 Å². The molecule has 0 saturated carbocycles. The maximum Gasteiger partial charge on any atom is 0.273 e. The highest BCUT2D eigenvalue weighted by Crippen LogP contribution is 2.19. The molecule has 0 radical (unpaired) electrons. The van der Waals surface area contributed by atoms with Crippen LogP contribution < -0.4 is 10.2 Å². The summed E-state index contributed by atoms with van der Waals surface area (Å²) in [6, 6.07) is 4.58. The number of rotatable bonds is 4. The fourth-order valence-corrected chi connectivity index (χ4v) is 2.60. The Morgan fingerprint density at radius 3 is 2.62 bits per heavy atom. The second-order valence-corrected chi connectivity index (χ2v) is 5.70. The number of aromatic nitrogens is 2. The van der Waals surface area contributed by atoms with Gasteiger partial charge in [-0.25, -0.2) is 0 Å². The Balaban J connectivity index is 2.17. The minimum absolute atomic E-state index is 0.118. The van der Waals surface area contributed by atoms with E-state index < -0.39 is 0 Å². The molecule has 0 aromatic carbocycles. The van der Waals surface area contributed by atoms with Gasteiger partial charge in [-0.05, 0) is 25.0 Å².